The van der Waals surface area contributed by atoms with E-state index in [9.17, 15) is 4.79 Å². The van der Waals surface area contributed by atoms with E-state index in [4.69, 9.17) is 16.7 Å². The molecule has 0 aliphatic heterocycles. The summed E-state index contributed by atoms with van der Waals surface area (Å²) in [6.45, 7) is 0. The fourth-order valence-electron chi connectivity index (χ4n) is 1.08. The highest BCUT2D eigenvalue weighted by Crippen LogP contribution is 2.27. The molecule has 0 aromatic carbocycles. The van der Waals surface area contributed by atoms with Crippen LogP contribution in [0.25, 0.3) is 0 Å². The van der Waals surface area contributed by atoms with Gasteiger partial charge in [0.05, 0.1) is 5.56 Å². The monoisotopic (exact) mass is 221 g/mol. The van der Waals surface area contributed by atoms with Crippen molar-refractivity contribution in [2.24, 2.45) is 5.92 Å². The fraction of sp³-hybridized carbons (Fsp3) is 0.273. The Morgan fingerprint density at radius 3 is 2.93 bits per heavy atom. The molecular formula is C11H8ClNO2. The SMILES string of the molecule is O=C(O)c1cc(C#CC2CC2)cnc1Cl. The summed E-state index contributed by atoms with van der Waals surface area (Å²) in [6, 6.07) is 1.45. The first-order valence-electron chi connectivity index (χ1n) is 4.57. The van der Waals surface area contributed by atoms with Gasteiger partial charge < -0.3 is 5.11 Å². The van der Waals surface area contributed by atoms with Crippen molar-refractivity contribution in [3.8, 4) is 11.8 Å². The zero-order chi connectivity index (χ0) is 10.8. The summed E-state index contributed by atoms with van der Waals surface area (Å²) in [6.07, 6.45) is 3.77. The average molecular weight is 222 g/mol. The van der Waals surface area contributed by atoms with Crippen LogP contribution in [0.5, 0.6) is 0 Å². The summed E-state index contributed by atoms with van der Waals surface area (Å²) < 4.78 is 0. The second kappa shape index (κ2) is 3.92. The highest BCUT2D eigenvalue weighted by Gasteiger charge is 2.18. The minimum atomic E-state index is -1.08. The van der Waals surface area contributed by atoms with E-state index in [-0.39, 0.29) is 10.7 Å². The lowest BCUT2D eigenvalue weighted by Crippen LogP contribution is -1.99. The van der Waals surface area contributed by atoms with E-state index >= 15 is 0 Å². The number of carboxylic acids is 1. The summed E-state index contributed by atoms with van der Waals surface area (Å²) in [5.41, 5.74) is 0.600. The molecule has 4 heteroatoms. The second-order valence-corrected chi connectivity index (χ2v) is 3.77. The average Bonchev–Trinajstić information content (AvgIpc) is 3.00. The maximum Gasteiger partial charge on any atom is 0.338 e. The third-order valence-corrected chi connectivity index (χ3v) is 2.37. The highest BCUT2D eigenvalue weighted by atomic mass is 35.5. The van der Waals surface area contributed by atoms with Crippen molar-refractivity contribution in [2.75, 3.05) is 0 Å². The van der Waals surface area contributed by atoms with Gasteiger partial charge in [-0.1, -0.05) is 23.4 Å². The minimum Gasteiger partial charge on any atom is -0.478 e. The van der Waals surface area contributed by atoms with Gasteiger partial charge in [0.1, 0.15) is 5.15 Å². The quantitative estimate of drug-likeness (QED) is 0.584. The lowest BCUT2D eigenvalue weighted by Gasteiger charge is -1.97. The lowest BCUT2D eigenvalue weighted by molar-refractivity contribution is 0.0696. The zero-order valence-corrected chi connectivity index (χ0v) is 8.58. The number of pyridine rings is 1. The maximum absolute atomic E-state index is 10.8. The topological polar surface area (TPSA) is 50.2 Å². The van der Waals surface area contributed by atoms with Crippen LogP contribution in [0.1, 0.15) is 28.8 Å². The number of carbonyl (C=O) groups is 1. The zero-order valence-electron chi connectivity index (χ0n) is 7.83. The molecule has 1 aliphatic carbocycles. The van der Waals surface area contributed by atoms with E-state index in [2.05, 4.69) is 16.8 Å². The standard InChI is InChI=1S/C11H8ClNO2/c12-10-9(11(14)15)5-8(6-13-10)4-3-7-1-2-7/h5-7H,1-2H2,(H,14,15). The molecule has 3 nitrogen and oxygen atoms in total. The molecule has 0 radical (unpaired) electrons. The Hall–Kier alpha value is -1.53. The largest absolute Gasteiger partial charge is 0.478 e. The molecule has 2 rings (SSSR count). The van der Waals surface area contributed by atoms with Gasteiger partial charge in [-0.15, -0.1) is 0 Å². The molecule has 1 fully saturated rings. The van der Waals surface area contributed by atoms with Crippen LogP contribution in [0.2, 0.25) is 5.15 Å². The van der Waals surface area contributed by atoms with Crippen LogP contribution in [0.3, 0.4) is 0 Å². The number of hydrogen-bond donors (Lipinski definition) is 1. The maximum atomic E-state index is 10.8. The third-order valence-electron chi connectivity index (χ3n) is 2.07. The number of hydrogen-bond acceptors (Lipinski definition) is 2. The molecule has 0 unspecified atom stereocenters. The van der Waals surface area contributed by atoms with Crippen LogP contribution in [0.4, 0.5) is 0 Å². The molecule has 0 bridgehead atoms. The number of carboxylic acid groups (broad SMARTS) is 1. The van der Waals surface area contributed by atoms with E-state index in [1.165, 1.54) is 12.3 Å². The van der Waals surface area contributed by atoms with Crippen molar-refractivity contribution in [1.82, 2.24) is 4.98 Å². The molecule has 15 heavy (non-hydrogen) atoms. The summed E-state index contributed by atoms with van der Waals surface area (Å²) >= 11 is 5.63. The molecule has 0 amide bonds. The smallest absolute Gasteiger partial charge is 0.338 e. The molecule has 0 spiro atoms. The van der Waals surface area contributed by atoms with Crippen molar-refractivity contribution < 1.29 is 9.90 Å². The van der Waals surface area contributed by atoms with Gasteiger partial charge in [-0.3, -0.25) is 0 Å². The number of rotatable bonds is 1. The summed E-state index contributed by atoms with van der Waals surface area (Å²) in [4.78, 5) is 14.5. The Labute approximate surface area is 92.1 Å². The van der Waals surface area contributed by atoms with E-state index in [1.54, 1.807) is 0 Å². The third kappa shape index (κ3) is 2.48. The fourth-order valence-corrected chi connectivity index (χ4v) is 1.26. The van der Waals surface area contributed by atoms with Gasteiger partial charge in [-0.25, -0.2) is 9.78 Å². The Bertz CT molecular complexity index is 469. The lowest BCUT2D eigenvalue weighted by atomic mass is 10.2. The van der Waals surface area contributed by atoms with Gasteiger partial charge in [0.25, 0.3) is 0 Å². The molecule has 1 aromatic rings. The molecular weight excluding hydrogens is 214 g/mol. The number of aromatic carboxylic acids is 1. The minimum absolute atomic E-state index is 0.000489. The van der Waals surface area contributed by atoms with Crippen LogP contribution in [0, 0.1) is 17.8 Å². The van der Waals surface area contributed by atoms with E-state index < -0.39 is 5.97 Å². The molecule has 1 heterocycles. The van der Waals surface area contributed by atoms with Crippen LogP contribution in [-0.2, 0) is 0 Å². The Balaban J connectivity index is 2.30. The Morgan fingerprint density at radius 1 is 1.60 bits per heavy atom. The van der Waals surface area contributed by atoms with Crippen molar-refractivity contribution >= 4 is 17.6 Å². The van der Waals surface area contributed by atoms with Gasteiger partial charge in [0, 0.05) is 17.7 Å². The van der Waals surface area contributed by atoms with E-state index in [1.807, 2.05) is 0 Å². The van der Waals surface area contributed by atoms with Crippen LogP contribution < -0.4 is 0 Å². The Morgan fingerprint density at radius 2 is 2.33 bits per heavy atom. The Kier molecular flexibility index (Phi) is 2.61. The first-order chi connectivity index (χ1) is 7.16. The van der Waals surface area contributed by atoms with Crippen LogP contribution in [-0.4, -0.2) is 16.1 Å². The first-order valence-corrected chi connectivity index (χ1v) is 4.95. The molecule has 76 valence electrons. The second-order valence-electron chi connectivity index (χ2n) is 3.41. The normalized spacial score (nSPS) is 14.2. The summed E-state index contributed by atoms with van der Waals surface area (Å²) in [5, 5.41) is 8.81. The van der Waals surface area contributed by atoms with E-state index in [0.717, 1.165) is 12.8 Å². The molecule has 1 saturated carbocycles. The molecule has 1 aromatic heterocycles. The number of halogens is 1. The van der Waals surface area contributed by atoms with Gasteiger partial charge in [0.15, 0.2) is 0 Å². The molecule has 1 aliphatic rings. The molecule has 1 N–H and O–H groups in total. The predicted octanol–water partition coefficient (Wildman–Crippen LogP) is 2.19. The predicted molar refractivity (Wildman–Crippen MR) is 55.8 cm³/mol. The van der Waals surface area contributed by atoms with Gasteiger partial charge >= 0.3 is 5.97 Å². The highest BCUT2D eigenvalue weighted by molar-refractivity contribution is 6.32. The first kappa shape index (κ1) is 10.0. The summed E-state index contributed by atoms with van der Waals surface area (Å²) in [5.74, 6) is 5.33. The van der Waals surface area contributed by atoms with Gasteiger partial charge in [-0.05, 0) is 18.9 Å². The van der Waals surface area contributed by atoms with E-state index in [0.29, 0.717) is 11.5 Å². The van der Waals surface area contributed by atoms with Crippen molar-refractivity contribution in [2.45, 2.75) is 12.8 Å². The molecule has 0 atom stereocenters. The van der Waals surface area contributed by atoms with Crippen molar-refractivity contribution in [1.29, 1.82) is 0 Å². The molecule has 0 saturated heterocycles. The van der Waals surface area contributed by atoms with Crippen LogP contribution in [0.15, 0.2) is 12.3 Å². The van der Waals surface area contributed by atoms with Crippen LogP contribution >= 0.6 is 11.6 Å². The van der Waals surface area contributed by atoms with Crippen molar-refractivity contribution in [3.05, 3.63) is 28.5 Å². The summed E-state index contributed by atoms with van der Waals surface area (Å²) in [7, 11) is 0. The van der Waals surface area contributed by atoms with Gasteiger partial charge in [0.2, 0.25) is 0 Å². The van der Waals surface area contributed by atoms with Gasteiger partial charge in [-0.2, -0.15) is 0 Å². The number of aromatic nitrogens is 1. The van der Waals surface area contributed by atoms with Crippen molar-refractivity contribution in [3.63, 3.8) is 0 Å². The number of nitrogens with zero attached hydrogens (tertiary/aromatic N) is 1.